The third kappa shape index (κ3) is 2.74. The average molecular weight is 429 g/mol. The summed E-state index contributed by atoms with van der Waals surface area (Å²) < 4.78 is 5.88. The van der Waals surface area contributed by atoms with Crippen LogP contribution in [0.5, 0.6) is 0 Å². The third-order valence-corrected chi connectivity index (χ3v) is 9.08. The van der Waals surface area contributed by atoms with E-state index in [4.69, 9.17) is 4.74 Å². The molecule has 6 rings (SSSR count). The standard InChI is InChI=1S/C23H28N2O4S/c26-20(24-12-6-2-1-3-7-12)17-13-8-4-5-9-16(13)30-23(17)25-21(27)18-14-10-11-15(29-14)19(18)22(25)28/h12,14-15,18-19H,1-11H2,(H,24,26)/t14-,15+,18+,19-. The van der Waals surface area contributed by atoms with Gasteiger partial charge in [0.25, 0.3) is 5.91 Å². The maximum absolute atomic E-state index is 13.4. The van der Waals surface area contributed by atoms with E-state index in [9.17, 15) is 14.4 Å². The van der Waals surface area contributed by atoms with Crippen LogP contribution in [0.3, 0.4) is 0 Å². The van der Waals surface area contributed by atoms with Gasteiger partial charge in [0, 0.05) is 10.9 Å². The molecule has 2 bridgehead atoms. The summed E-state index contributed by atoms with van der Waals surface area (Å²) in [5.74, 6) is -1.10. The quantitative estimate of drug-likeness (QED) is 0.749. The fraction of sp³-hybridized carbons (Fsp3) is 0.696. The summed E-state index contributed by atoms with van der Waals surface area (Å²) in [5, 5.41) is 3.82. The number of aryl methyl sites for hydroxylation is 1. The number of ether oxygens (including phenoxy) is 1. The van der Waals surface area contributed by atoms with E-state index >= 15 is 0 Å². The van der Waals surface area contributed by atoms with E-state index in [1.165, 1.54) is 27.5 Å². The monoisotopic (exact) mass is 428 g/mol. The number of imide groups is 1. The van der Waals surface area contributed by atoms with Crippen LogP contribution in [-0.2, 0) is 27.2 Å². The number of carbonyl (C=O) groups excluding carboxylic acids is 3. The number of fused-ring (bicyclic) bond motifs is 6. The highest BCUT2D eigenvalue weighted by Crippen LogP contribution is 2.51. The molecule has 1 aromatic heterocycles. The zero-order chi connectivity index (χ0) is 20.4. The number of amides is 3. The van der Waals surface area contributed by atoms with Crippen molar-refractivity contribution in [3.8, 4) is 0 Å². The first-order chi connectivity index (χ1) is 14.6. The molecule has 1 saturated carbocycles. The average Bonchev–Trinajstić information content (AvgIpc) is 3.50. The number of carbonyl (C=O) groups is 3. The highest BCUT2D eigenvalue weighted by atomic mass is 32.1. The molecule has 30 heavy (non-hydrogen) atoms. The van der Waals surface area contributed by atoms with E-state index in [1.54, 1.807) is 0 Å². The highest BCUT2D eigenvalue weighted by molar-refractivity contribution is 7.17. The van der Waals surface area contributed by atoms with Crippen molar-refractivity contribution in [3.05, 3.63) is 16.0 Å². The van der Waals surface area contributed by atoms with Gasteiger partial charge in [0.2, 0.25) is 11.8 Å². The Balaban J connectivity index is 1.37. The molecule has 1 aromatic rings. The van der Waals surface area contributed by atoms with E-state index in [-0.39, 0.29) is 47.8 Å². The minimum atomic E-state index is -0.357. The molecule has 3 aliphatic heterocycles. The zero-order valence-electron chi connectivity index (χ0n) is 17.2. The summed E-state index contributed by atoms with van der Waals surface area (Å²) in [6.07, 6.45) is 10.9. The van der Waals surface area contributed by atoms with E-state index < -0.39 is 0 Å². The van der Waals surface area contributed by atoms with Crippen LogP contribution in [0.25, 0.3) is 0 Å². The maximum atomic E-state index is 13.4. The molecular formula is C23H28N2O4S. The second-order valence-corrected chi connectivity index (χ2v) is 10.6. The van der Waals surface area contributed by atoms with Gasteiger partial charge >= 0.3 is 0 Å². The molecular weight excluding hydrogens is 400 g/mol. The molecule has 3 saturated heterocycles. The van der Waals surface area contributed by atoms with Crippen LogP contribution in [0, 0.1) is 11.8 Å². The summed E-state index contributed by atoms with van der Waals surface area (Å²) in [6.45, 7) is 0. The van der Waals surface area contributed by atoms with Gasteiger partial charge < -0.3 is 10.1 Å². The van der Waals surface area contributed by atoms with Crippen LogP contribution in [0.1, 0.15) is 78.6 Å². The molecule has 0 radical (unpaired) electrons. The van der Waals surface area contributed by atoms with Gasteiger partial charge in [-0.15, -0.1) is 11.3 Å². The third-order valence-electron chi connectivity index (χ3n) is 7.81. The first-order valence-corrected chi connectivity index (χ1v) is 12.4. The van der Waals surface area contributed by atoms with Gasteiger partial charge in [0.1, 0.15) is 5.00 Å². The Morgan fingerprint density at radius 1 is 0.900 bits per heavy atom. The Morgan fingerprint density at radius 3 is 2.27 bits per heavy atom. The lowest BCUT2D eigenvalue weighted by Crippen LogP contribution is -2.39. The molecule has 4 heterocycles. The SMILES string of the molecule is O=C(NC1CCCCC1)c1c(N2C(=O)[C@@H]3[C@H](C2=O)[C@@H]2CC[C@H]3O2)sc2c1CCCC2. The number of nitrogens with one attached hydrogen (secondary N) is 1. The van der Waals surface area contributed by atoms with Crippen LogP contribution < -0.4 is 10.2 Å². The van der Waals surface area contributed by atoms with E-state index in [0.29, 0.717) is 10.6 Å². The Labute approximate surface area is 180 Å². The van der Waals surface area contributed by atoms with Gasteiger partial charge in [-0.05, 0) is 56.9 Å². The summed E-state index contributed by atoms with van der Waals surface area (Å²) >= 11 is 1.50. The number of nitrogens with zero attached hydrogens (tertiary/aromatic N) is 1. The van der Waals surface area contributed by atoms with Crippen molar-refractivity contribution in [2.45, 2.75) is 88.9 Å². The summed E-state index contributed by atoms with van der Waals surface area (Å²) in [5.41, 5.74) is 1.68. The number of rotatable bonds is 3. The first kappa shape index (κ1) is 19.0. The van der Waals surface area contributed by atoms with Crippen molar-refractivity contribution >= 4 is 34.1 Å². The maximum Gasteiger partial charge on any atom is 0.254 e. The molecule has 0 unspecified atom stereocenters. The Kier molecular flexibility index (Phi) is 4.53. The van der Waals surface area contributed by atoms with E-state index in [1.807, 2.05) is 0 Å². The van der Waals surface area contributed by atoms with Gasteiger partial charge in [0.15, 0.2) is 0 Å². The summed E-state index contributed by atoms with van der Waals surface area (Å²) in [6, 6.07) is 0.201. The predicted octanol–water partition coefficient (Wildman–Crippen LogP) is 3.36. The summed E-state index contributed by atoms with van der Waals surface area (Å²) in [7, 11) is 0. The molecule has 4 atom stereocenters. The Hall–Kier alpha value is -1.73. The van der Waals surface area contributed by atoms with E-state index in [0.717, 1.165) is 69.8 Å². The second-order valence-electron chi connectivity index (χ2n) is 9.55. The van der Waals surface area contributed by atoms with Gasteiger partial charge in [-0.1, -0.05) is 19.3 Å². The molecule has 7 heteroatoms. The fourth-order valence-corrected chi connectivity index (χ4v) is 7.76. The lowest BCUT2D eigenvalue weighted by molar-refractivity contribution is -0.124. The molecule has 3 amide bonds. The number of anilines is 1. The Bertz CT molecular complexity index is 891. The molecule has 5 aliphatic rings. The normalized spacial score (nSPS) is 33.1. The largest absolute Gasteiger partial charge is 0.373 e. The summed E-state index contributed by atoms with van der Waals surface area (Å²) in [4.78, 5) is 42.7. The molecule has 160 valence electrons. The van der Waals surface area contributed by atoms with Crippen molar-refractivity contribution in [3.63, 3.8) is 0 Å². The van der Waals surface area contributed by atoms with Crippen molar-refractivity contribution in [1.82, 2.24) is 5.32 Å². The van der Waals surface area contributed by atoms with Crippen LogP contribution in [-0.4, -0.2) is 36.0 Å². The molecule has 0 spiro atoms. The lowest BCUT2D eigenvalue weighted by atomic mass is 9.81. The smallest absolute Gasteiger partial charge is 0.254 e. The minimum Gasteiger partial charge on any atom is -0.373 e. The van der Waals surface area contributed by atoms with Crippen LogP contribution in [0.2, 0.25) is 0 Å². The lowest BCUT2D eigenvalue weighted by Gasteiger charge is -2.24. The highest BCUT2D eigenvalue weighted by Gasteiger charge is 2.63. The topological polar surface area (TPSA) is 75.7 Å². The van der Waals surface area contributed by atoms with Gasteiger partial charge in [-0.2, -0.15) is 0 Å². The van der Waals surface area contributed by atoms with Gasteiger partial charge in [-0.25, -0.2) is 4.90 Å². The van der Waals surface area contributed by atoms with Crippen LogP contribution in [0.15, 0.2) is 0 Å². The van der Waals surface area contributed by atoms with Crippen molar-refractivity contribution in [2.75, 3.05) is 4.90 Å². The number of hydrogen-bond donors (Lipinski definition) is 1. The molecule has 2 aliphatic carbocycles. The first-order valence-electron chi connectivity index (χ1n) is 11.6. The van der Waals surface area contributed by atoms with Crippen molar-refractivity contribution < 1.29 is 19.1 Å². The van der Waals surface area contributed by atoms with Crippen molar-refractivity contribution in [2.24, 2.45) is 11.8 Å². The van der Waals surface area contributed by atoms with Gasteiger partial charge in [0.05, 0.1) is 29.6 Å². The van der Waals surface area contributed by atoms with Crippen molar-refractivity contribution in [1.29, 1.82) is 0 Å². The minimum absolute atomic E-state index is 0.0896. The molecule has 1 N–H and O–H groups in total. The van der Waals surface area contributed by atoms with Gasteiger partial charge in [-0.3, -0.25) is 14.4 Å². The number of hydrogen-bond acceptors (Lipinski definition) is 5. The van der Waals surface area contributed by atoms with Crippen LogP contribution >= 0.6 is 11.3 Å². The molecule has 4 fully saturated rings. The fourth-order valence-electron chi connectivity index (χ4n) is 6.36. The predicted molar refractivity (Wildman–Crippen MR) is 113 cm³/mol. The van der Waals surface area contributed by atoms with E-state index in [2.05, 4.69) is 5.32 Å². The Morgan fingerprint density at radius 2 is 1.57 bits per heavy atom. The number of thiophene rings is 1. The molecule has 0 aromatic carbocycles. The molecule has 6 nitrogen and oxygen atoms in total. The zero-order valence-corrected chi connectivity index (χ0v) is 18.0. The van der Waals surface area contributed by atoms with Crippen LogP contribution in [0.4, 0.5) is 5.00 Å². The second kappa shape index (κ2) is 7.16.